The molecule has 0 saturated heterocycles. The summed E-state index contributed by atoms with van der Waals surface area (Å²) in [5.41, 5.74) is 3.40. The Morgan fingerprint density at radius 3 is 2.29 bits per heavy atom. The fraction of sp³-hybridized carbons (Fsp3) is 0.269. The van der Waals surface area contributed by atoms with Crippen molar-refractivity contribution in [2.24, 2.45) is 0 Å². The minimum Gasteiger partial charge on any atom is -0.375 e. The van der Waals surface area contributed by atoms with Crippen LogP contribution in [0.1, 0.15) is 25.0 Å². The summed E-state index contributed by atoms with van der Waals surface area (Å²) in [6.45, 7) is 6.29. The molecule has 0 saturated carbocycles. The first kappa shape index (κ1) is 25.8. The van der Waals surface area contributed by atoms with Crippen molar-refractivity contribution in [3.8, 4) is 0 Å². The summed E-state index contributed by atoms with van der Waals surface area (Å²) in [5, 5.41) is 6.07. The van der Waals surface area contributed by atoms with Crippen molar-refractivity contribution in [3.05, 3.63) is 83.9 Å². The second kappa shape index (κ2) is 12.1. The van der Waals surface area contributed by atoms with Gasteiger partial charge in [0.15, 0.2) is 0 Å². The number of rotatable bonds is 11. The number of sulfonamides is 1. The highest BCUT2D eigenvalue weighted by atomic mass is 32.2. The number of benzene rings is 3. The first-order chi connectivity index (χ1) is 16.3. The van der Waals surface area contributed by atoms with Gasteiger partial charge < -0.3 is 10.6 Å². The zero-order valence-corrected chi connectivity index (χ0v) is 21.4. The minimum atomic E-state index is -3.60. The third-order valence-electron chi connectivity index (χ3n) is 5.39. The summed E-state index contributed by atoms with van der Waals surface area (Å²) in [5.74, 6) is 0.585. The molecule has 0 bridgehead atoms. The van der Waals surface area contributed by atoms with Crippen LogP contribution in [0.15, 0.2) is 82.6 Å². The van der Waals surface area contributed by atoms with E-state index in [9.17, 15) is 13.2 Å². The summed E-state index contributed by atoms with van der Waals surface area (Å²) >= 11 is 1.70. The number of amides is 1. The van der Waals surface area contributed by atoms with Gasteiger partial charge in [-0.2, -0.15) is 4.31 Å². The molecule has 3 aromatic rings. The molecule has 0 fully saturated rings. The van der Waals surface area contributed by atoms with Crippen molar-refractivity contribution >= 4 is 39.1 Å². The highest BCUT2D eigenvalue weighted by Gasteiger charge is 2.22. The van der Waals surface area contributed by atoms with Crippen LogP contribution in [0.4, 0.5) is 11.4 Å². The minimum absolute atomic E-state index is 0.0649. The number of nitrogens with one attached hydrogen (secondary N) is 2. The molecule has 0 heterocycles. The molecule has 34 heavy (non-hydrogen) atoms. The largest absolute Gasteiger partial charge is 0.375 e. The predicted molar refractivity (Wildman–Crippen MR) is 141 cm³/mol. The Labute approximate surface area is 206 Å². The molecule has 3 rings (SSSR count). The molecule has 0 spiro atoms. The Morgan fingerprint density at radius 1 is 0.912 bits per heavy atom. The molecule has 1 amide bonds. The molecule has 0 aromatic heterocycles. The molecule has 0 unspecified atom stereocenters. The van der Waals surface area contributed by atoms with Crippen molar-refractivity contribution in [2.75, 3.05) is 30.3 Å². The monoisotopic (exact) mass is 497 g/mol. The van der Waals surface area contributed by atoms with Crippen molar-refractivity contribution < 1.29 is 13.2 Å². The first-order valence-electron chi connectivity index (χ1n) is 11.3. The highest BCUT2D eigenvalue weighted by molar-refractivity contribution is 7.98. The smallest absolute Gasteiger partial charge is 0.243 e. The summed E-state index contributed by atoms with van der Waals surface area (Å²) in [6, 6.07) is 22.9. The Balaban J connectivity index is 1.66. The van der Waals surface area contributed by atoms with Gasteiger partial charge in [0.1, 0.15) is 0 Å². The third kappa shape index (κ3) is 6.62. The number of para-hydroxylation sites is 1. The third-order valence-corrected chi connectivity index (χ3v) is 8.58. The number of nitrogens with zero attached hydrogens (tertiary/aromatic N) is 1. The predicted octanol–water partition coefficient (Wildman–Crippen LogP) is 5.37. The molecule has 0 atom stereocenters. The Bertz CT molecular complexity index is 1210. The fourth-order valence-corrected chi connectivity index (χ4v) is 5.92. The Hall–Kier alpha value is -2.81. The van der Waals surface area contributed by atoms with Crippen molar-refractivity contribution in [2.45, 2.75) is 36.3 Å². The van der Waals surface area contributed by atoms with Crippen LogP contribution in [0.2, 0.25) is 0 Å². The highest BCUT2D eigenvalue weighted by Crippen LogP contribution is 2.30. The van der Waals surface area contributed by atoms with Gasteiger partial charge in [-0.05, 0) is 42.3 Å². The molecular weight excluding hydrogens is 466 g/mol. The van der Waals surface area contributed by atoms with Gasteiger partial charge in [0.25, 0.3) is 0 Å². The molecule has 0 aliphatic rings. The Kier molecular flexibility index (Phi) is 9.15. The topological polar surface area (TPSA) is 78.5 Å². The zero-order valence-electron chi connectivity index (χ0n) is 19.7. The molecule has 6 nitrogen and oxygen atoms in total. The lowest BCUT2D eigenvalue weighted by Crippen LogP contribution is -2.30. The van der Waals surface area contributed by atoms with Gasteiger partial charge in [-0.3, -0.25) is 4.79 Å². The second-order valence-corrected chi connectivity index (χ2v) is 10.7. The van der Waals surface area contributed by atoms with Crippen molar-refractivity contribution in [3.63, 3.8) is 0 Å². The molecule has 3 aromatic carbocycles. The van der Waals surface area contributed by atoms with E-state index in [0.29, 0.717) is 18.8 Å². The van der Waals surface area contributed by atoms with Crippen LogP contribution in [0.5, 0.6) is 0 Å². The van der Waals surface area contributed by atoms with E-state index in [-0.39, 0.29) is 17.3 Å². The van der Waals surface area contributed by atoms with E-state index in [0.717, 1.165) is 21.9 Å². The van der Waals surface area contributed by atoms with Gasteiger partial charge in [-0.25, -0.2) is 8.42 Å². The number of aryl methyl sites for hydroxylation is 1. The number of hydrogen-bond acceptors (Lipinski definition) is 5. The number of thioether (sulfide) groups is 1. The maximum atomic E-state index is 12.9. The molecular formula is C26H31N3O3S2. The van der Waals surface area contributed by atoms with Gasteiger partial charge in [0, 0.05) is 35.1 Å². The first-order valence-corrected chi connectivity index (χ1v) is 13.7. The van der Waals surface area contributed by atoms with E-state index in [4.69, 9.17) is 0 Å². The second-order valence-electron chi connectivity index (χ2n) is 7.74. The van der Waals surface area contributed by atoms with Crippen LogP contribution < -0.4 is 10.6 Å². The van der Waals surface area contributed by atoms with Gasteiger partial charge in [0.05, 0.1) is 11.4 Å². The average Bonchev–Trinajstić information content (AvgIpc) is 2.84. The summed E-state index contributed by atoms with van der Waals surface area (Å²) in [7, 11) is -3.60. The molecule has 0 aliphatic carbocycles. The number of carbonyl (C=O) groups excluding carboxylic acids is 1. The molecule has 0 radical (unpaired) electrons. The van der Waals surface area contributed by atoms with Crippen LogP contribution >= 0.6 is 11.8 Å². The lowest BCUT2D eigenvalue weighted by Gasteiger charge is -2.19. The quantitative estimate of drug-likeness (QED) is 0.348. The van der Waals surface area contributed by atoms with Crippen LogP contribution in [-0.2, 0) is 20.6 Å². The van der Waals surface area contributed by atoms with Crippen molar-refractivity contribution in [1.29, 1.82) is 0 Å². The van der Waals surface area contributed by atoms with E-state index in [1.807, 2.05) is 49.4 Å². The van der Waals surface area contributed by atoms with E-state index < -0.39 is 10.0 Å². The van der Waals surface area contributed by atoms with Crippen LogP contribution in [0, 0.1) is 6.92 Å². The summed E-state index contributed by atoms with van der Waals surface area (Å²) in [4.78, 5) is 13.9. The Morgan fingerprint density at radius 2 is 1.59 bits per heavy atom. The van der Waals surface area contributed by atoms with Crippen LogP contribution in [0.25, 0.3) is 0 Å². The van der Waals surface area contributed by atoms with E-state index >= 15 is 0 Å². The summed E-state index contributed by atoms with van der Waals surface area (Å²) < 4.78 is 27.1. The SMILES string of the molecule is CCN(CC)S(=O)(=O)c1ccc(C)c(NC(=O)CNc2ccccc2SCc2ccccc2)c1. The van der Waals surface area contributed by atoms with Crippen LogP contribution in [-0.4, -0.2) is 38.3 Å². The number of carbonyl (C=O) groups is 1. The van der Waals surface area contributed by atoms with Gasteiger partial charge in [-0.1, -0.05) is 62.4 Å². The average molecular weight is 498 g/mol. The lowest BCUT2D eigenvalue weighted by molar-refractivity contribution is -0.114. The molecule has 2 N–H and O–H groups in total. The van der Waals surface area contributed by atoms with E-state index in [2.05, 4.69) is 22.8 Å². The lowest BCUT2D eigenvalue weighted by atomic mass is 10.2. The van der Waals surface area contributed by atoms with Gasteiger partial charge in [0.2, 0.25) is 15.9 Å². The van der Waals surface area contributed by atoms with Gasteiger partial charge >= 0.3 is 0 Å². The van der Waals surface area contributed by atoms with Gasteiger partial charge in [-0.15, -0.1) is 11.8 Å². The fourth-order valence-electron chi connectivity index (χ4n) is 3.45. The van der Waals surface area contributed by atoms with E-state index in [1.165, 1.54) is 15.9 Å². The van der Waals surface area contributed by atoms with Crippen molar-refractivity contribution in [1.82, 2.24) is 4.31 Å². The van der Waals surface area contributed by atoms with E-state index in [1.54, 1.807) is 37.7 Å². The molecule has 0 aliphatic heterocycles. The number of hydrogen-bond donors (Lipinski definition) is 2. The van der Waals surface area contributed by atoms with Crippen LogP contribution in [0.3, 0.4) is 0 Å². The number of anilines is 2. The maximum Gasteiger partial charge on any atom is 0.243 e. The molecule has 180 valence electrons. The summed E-state index contributed by atoms with van der Waals surface area (Å²) in [6.07, 6.45) is 0. The zero-order chi connectivity index (χ0) is 24.6. The maximum absolute atomic E-state index is 12.9. The molecule has 8 heteroatoms. The standard InChI is InChI=1S/C26H31N3O3S2/c1-4-29(5-2)34(31,32)22-16-15-20(3)24(17-22)28-26(30)18-27-23-13-9-10-14-25(23)33-19-21-11-7-6-8-12-21/h6-17,27H,4-5,18-19H2,1-3H3,(H,28,30). The normalized spacial score (nSPS) is 11.4.